The molecule has 0 saturated carbocycles. The summed E-state index contributed by atoms with van der Waals surface area (Å²) in [6, 6.07) is 0. The standard InChI is InChI=1S/C9H11Cl2NO/c1-6-3-4-12-8(10)5-7(13-2)9(6)11/h4-6H,3H2,1-2H3/t6-/m1/s1. The van der Waals surface area contributed by atoms with Gasteiger partial charge < -0.3 is 4.74 Å². The van der Waals surface area contributed by atoms with Crippen LogP contribution < -0.4 is 0 Å². The van der Waals surface area contributed by atoms with Crippen molar-refractivity contribution in [2.75, 3.05) is 7.11 Å². The first kappa shape index (κ1) is 10.6. The van der Waals surface area contributed by atoms with Crippen molar-refractivity contribution in [3.05, 3.63) is 22.0 Å². The molecule has 1 aliphatic heterocycles. The molecule has 0 bridgehead atoms. The minimum Gasteiger partial charge on any atom is -0.495 e. The summed E-state index contributed by atoms with van der Waals surface area (Å²) in [4.78, 5) is 4.00. The van der Waals surface area contributed by atoms with E-state index in [4.69, 9.17) is 27.9 Å². The molecule has 0 radical (unpaired) electrons. The smallest absolute Gasteiger partial charge is 0.136 e. The second kappa shape index (κ2) is 4.68. The van der Waals surface area contributed by atoms with E-state index in [0.29, 0.717) is 15.9 Å². The molecule has 1 aliphatic rings. The van der Waals surface area contributed by atoms with Crippen molar-refractivity contribution in [2.45, 2.75) is 13.3 Å². The Kier molecular flexibility index (Phi) is 3.82. The van der Waals surface area contributed by atoms with Gasteiger partial charge in [0.05, 0.1) is 12.1 Å². The maximum Gasteiger partial charge on any atom is 0.136 e. The zero-order valence-electron chi connectivity index (χ0n) is 7.55. The molecule has 1 heterocycles. The number of halogens is 2. The van der Waals surface area contributed by atoms with Crippen molar-refractivity contribution in [3.63, 3.8) is 0 Å². The van der Waals surface area contributed by atoms with E-state index >= 15 is 0 Å². The molecule has 0 amide bonds. The van der Waals surface area contributed by atoms with Crippen LogP contribution in [0.15, 0.2) is 27.0 Å². The number of methoxy groups -OCH3 is 1. The van der Waals surface area contributed by atoms with Gasteiger partial charge >= 0.3 is 0 Å². The van der Waals surface area contributed by atoms with Crippen molar-refractivity contribution >= 4 is 29.4 Å². The first-order chi connectivity index (χ1) is 6.15. The van der Waals surface area contributed by atoms with Crippen LogP contribution in [0.25, 0.3) is 0 Å². The SMILES string of the molecule is COC1=C(Cl)[C@H](C)CC=NC(Cl)=C1. The fourth-order valence-electron chi connectivity index (χ4n) is 1.02. The van der Waals surface area contributed by atoms with E-state index < -0.39 is 0 Å². The predicted octanol–water partition coefficient (Wildman–Crippen LogP) is 3.27. The zero-order valence-corrected chi connectivity index (χ0v) is 9.06. The summed E-state index contributed by atoms with van der Waals surface area (Å²) in [5.74, 6) is 0.817. The van der Waals surface area contributed by atoms with E-state index in [0.717, 1.165) is 6.42 Å². The number of aliphatic imine (C=N–C) groups is 1. The number of ether oxygens (including phenoxy) is 1. The van der Waals surface area contributed by atoms with Crippen molar-refractivity contribution in [1.82, 2.24) is 0 Å². The second-order valence-corrected chi connectivity index (χ2v) is 3.63. The molecule has 0 unspecified atom stereocenters. The number of hydrogen-bond acceptors (Lipinski definition) is 2. The van der Waals surface area contributed by atoms with E-state index in [9.17, 15) is 0 Å². The molecule has 0 N–H and O–H groups in total. The van der Waals surface area contributed by atoms with Crippen LogP contribution in [-0.4, -0.2) is 13.3 Å². The highest BCUT2D eigenvalue weighted by atomic mass is 35.5. The Labute approximate surface area is 87.9 Å². The van der Waals surface area contributed by atoms with E-state index in [2.05, 4.69) is 4.99 Å². The number of hydrogen-bond donors (Lipinski definition) is 0. The van der Waals surface area contributed by atoms with Gasteiger partial charge in [-0.05, 0) is 6.42 Å². The molecule has 0 aromatic rings. The monoisotopic (exact) mass is 219 g/mol. The number of allylic oxidation sites excluding steroid dienone is 2. The molecule has 13 heavy (non-hydrogen) atoms. The van der Waals surface area contributed by atoms with Crippen molar-refractivity contribution in [2.24, 2.45) is 10.9 Å². The van der Waals surface area contributed by atoms with Gasteiger partial charge in [-0.15, -0.1) is 0 Å². The summed E-state index contributed by atoms with van der Waals surface area (Å²) in [5, 5.41) is 1.08. The summed E-state index contributed by atoms with van der Waals surface area (Å²) in [6.45, 7) is 2.01. The van der Waals surface area contributed by atoms with Gasteiger partial charge in [-0.1, -0.05) is 30.1 Å². The Bertz CT molecular complexity index is 281. The van der Waals surface area contributed by atoms with Crippen LogP contribution in [-0.2, 0) is 4.74 Å². The van der Waals surface area contributed by atoms with Gasteiger partial charge in [0.15, 0.2) is 0 Å². The van der Waals surface area contributed by atoms with Gasteiger partial charge in [0.25, 0.3) is 0 Å². The highest BCUT2D eigenvalue weighted by molar-refractivity contribution is 6.31. The molecule has 0 aromatic carbocycles. The third-order valence-electron chi connectivity index (χ3n) is 1.81. The van der Waals surface area contributed by atoms with E-state index in [1.54, 1.807) is 19.4 Å². The van der Waals surface area contributed by atoms with Crippen LogP contribution in [0.2, 0.25) is 0 Å². The predicted molar refractivity (Wildman–Crippen MR) is 56.1 cm³/mol. The van der Waals surface area contributed by atoms with Crippen molar-refractivity contribution < 1.29 is 4.74 Å². The van der Waals surface area contributed by atoms with Crippen molar-refractivity contribution in [3.8, 4) is 0 Å². The topological polar surface area (TPSA) is 21.6 Å². The highest BCUT2D eigenvalue weighted by Crippen LogP contribution is 2.26. The molecule has 0 spiro atoms. The normalized spacial score (nSPS) is 23.7. The minimum atomic E-state index is 0.224. The Morgan fingerprint density at radius 2 is 2.23 bits per heavy atom. The third kappa shape index (κ3) is 2.75. The van der Waals surface area contributed by atoms with Gasteiger partial charge in [-0.25, -0.2) is 4.99 Å². The third-order valence-corrected chi connectivity index (χ3v) is 2.58. The largest absolute Gasteiger partial charge is 0.495 e. The average Bonchev–Trinajstić information content (AvgIpc) is 2.11. The second-order valence-electron chi connectivity index (χ2n) is 2.83. The molecule has 0 aromatic heterocycles. The Morgan fingerprint density at radius 3 is 2.85 bits per heavy atom. The fourth-order valence-corrected chi connectivity index (χ4v) is 1.40. The summed E-state index contributed by atoms with van der Waals surface area (Å²) >= 11 is 11.8. The first-order valence-electron chi connectivity index (χ1n) is 3.98. The molecular weight excluding hydrogens is 209 g/mol. The highest BCUT2D eigenvalue weighted by Gasteiger charge is 2.13. The molecule has 1 atom stereocenters. The molecular formula is C9H11Cl2NO. The van der Waals surface area contributed by atoms with Crippen LogP contribution >= 0.6 is 23.2 Å². The molecule has 72 valence electrons. The molecule has 0 saturated heterocycles. The van der Waals surface area contributed by atoms with E-state index in [1.807, 2.05) is 6.92 Å². The van der Waals surface area contributed by atoms with Crippen LogP contribution in [0, 0.1) is 5.92 Å². The molecule has 1 rings (SSSR count). The number of rotatable bonds is 1. The Balaban J connectivity index is 3.05. The quantitative estimate of drug-likeness (QED) is 0.621. The lowest BCUT2D eigenvalue weighted by Gasteiger charge is -2.12. The first-order valence-corrected chi connectivity index (χ1v) is 4.74. The van der Waals surface area contributed by atoms with E-state index in [1.165, 1.54) is 0 Å². The van der Waals surface area contributed by atoms with Gasteiger partial charge in [0.2, 0.25) is 0 Å². The summed E-state index contributed by atoms with van der Waals surface area (Å²) in [6.07, 6.45) is 4.16. The summed E-state index contributed by atoms with van der Waals surface area (Å²) in [7, 11) is 1.57. The molecule has 0 aliphatic carbocycles. The fraction of sp³-hybridized carbons (Fsp3) is 0.444. The van der Waals surface area contributed by atoms with Crippen LogP contribution in [0.5, 0.6) is 0 Å². The molecule has 4 heteroatoms. The lowest BCUT2D eigenvalue weighted by Crippen LogP contribution is -2.02. The van der Waals surface area contributed by atoms with Gasteiger partial charge in [0, 0.05) is 18.2 Å². The lowest BCUT2D eigenvalue weighted by molar-refractivity contribution is 0.300. The van der Waals surface area contributed by atoms with Crippen LogP contribution in [0.4, 0.5) is 0 Å². The van der Waals surface area contributed by atoms with Crippen molar-refractivity contribution in [1.29, 1.82) is 0 Å². The molecule has 2 nitrogen and oxygen atoms in total. The van der Waals surface area contributed by atoms with Gasteiger partial charge in [-0.2, -0.15) is 0 Å². The van der Waals surface area contributed by atoms with Gasteiger partial charge in [0.1, 0.15) is 10.9 Å². The summed E-state index contributed by atoms with van der Waals surface area (Å²) in [5.41, 5.74) is 0. The minimum absolute atomic E-state index is 0.224. The van der Waals surface area contributed by atoms with Gasteiger partial charge in [-0.3, -0.25) is 0 Å². The Morgan fingerprint density at radius 1 is 1.54 bits per heavy atom. The lowest BCUT2D eigenvalue weighted by atomic mass is 10.1. The average molecular weight is 220 g/mol. The Hall–Kier alpha value is -0.470. The molecule has 0 fully saturated rings. The zero-order chi connectivity index (χ0) is 9.84. The number of nitrogens with zero attached hydrogens (tertiary/aromatic N) is 1. The van der Waals surface area contributed by atoms with E-state index in [-0.39, 0.29) is 5.92 Å². The van der Waals surface area contributed by atoms with Crippen LogP contribution in [0.1, 0.15) is 13.3 Å². The van der Waals surface area contributed by atoms with Crippen LogP contribution in [0.3, 0.4) is 0 Å². The summed E-state index contributed by atoms with van der Waals surface area (Å²) < 4.78 is 5.09. The maximum atomic E-state index is 6.07. The maximum absolute atomic E-state index is 6.07.